The van der Waals surface area contributed by atoms with Crippen LogP contribution in [0.2, 0.25) is 0 Å². The van der Waals surface area contributed by atoms with Gasteiger partial charge in [0.2, 0.25) is 0 Å². The minimum absolute atomic E-state index is 0.596. The molecule has 18 heavy (non-hydrogen) atoms. The molecule has 0 spiro atoms. The minimum Gasteiger partial charge on any atom is -0.489 e. The third-order valence-corrected chi connectivity index (χ3v) is 2.93. The molecule has 0 amide bonds. The monoisotopic (exact) mass is 242 g/mol. The lowest BCUT2D eigenvalue weighted by Crippen LogP contribution is -1.97. The maximum absolute atomic E-state index is 5.73. The number of hydrogen-bond donors (Lipinski definition) is 0. The Kier molecular flexibility index (Phi) is 4.18. The topological polar surface area (TPSA) is 27.1 Å². The summed E-state index contributed by atoms with van der Waals surface area (Å²) in [7, 11) is 0. The highest BCUT2D eigenvalue weighted by molar-refractivity contribution is 5.38. The van der Waals surface area contributed by atoms with Gasteiger partial charge < -0.3 is 9.30 Å². The summed E-state index contributed by atoms with van der Waals surface area (Å²) in [6, 6.07) is 6.12. The Morgan fingerprint density at radius 1 is 1.28 bits per heavy atom. The molecule has 1 aromatic heterocycles. The Morgan fingerprint density at radius 3 is 2.94 bits per heavy atom. The maximum Gasteiger partial charge on any atom is 0.122 e. The van der Waals surface area contributed by atoms with E-state index in [0.717, 1.165) is 12.3 Å². The van der Waals surface area contributed by atoms with Gasteiger partial charge in [0.25, 0.3) is 0 Å². The lowest BCUT2D eigenvalue weighted by atomic mass is 10.1. The van der Waals surface area contributed by atoms with Gasteiger partial charge in [-0.05, 0) is 37.1 Å². The van der Waals surface area contributed by atoms with Crippen molar-refractivity contribution >= 4 is 0 Å². The predicted octanol–water partition coefficient (Wildman–Crippen LogP) is 3.14. The zero-order chi connectivity index (χ0) is 12.8. The van der Waals surface area contributed by atoms with Crippen LogP contribution in [-0.2, 0) is 6.54 Å². The molecule has 1 aromatic carbocycles. The van der Waals surface area contributed by atoms with Crippen molar-refractivity contribution < 1.29 is 4.74 Å². The van der Waals surface area contributed by atoms with E-state index in [1.807, 2.05) is 29.0 Å². The zero-order valence-electron chi connectivity index (χ0n) is 10.8. The molecule has 0 aliphatic rings. The van der Waals surface area contributed by atoms with Crippen molar-refractivity contribution in [1.29, 1.82) is 0 Å². The van der Waals surface area contributed by atoms with Gasteiger partial charge in [0, 0.05) is 18.9 Å². The summed E-state index contributed by atoms with van der Waals surface area (Å²) in [5.41, 5.74) is 2.47. The van der Waals surface area contributed by atoms with Crippen molar-refractivity contribution in [1.82, 2.24) is 9.55 Å². The van der Waals surface area contributed by atoms with Crippen LogP contribution in [0, 0.1) is 13.8 Å². The van der Waals surface area contributed by atoms with Crippen molar-refractivity contribution in [2.24, 2.45) is 0 Å². The second-order valence-corrected chi connectivity index (χ2v) is 4.24. The Balaban J connectivity index is 1.81. The highest BCUT2D eigenvalue weighted by Crippen LogP contribution is 2.20. The normalized spacial score (nSPS) is 11.0. The van der Waals surface area contributed by atoms with Gasteiger partial charge in [0.1, 0.15) is 12.4 Å². The summed E-state index contributed by atoms with van der Waals surface area (Å²) in [5.74, 6) is 0.960. The second-order valence-electron chi connectivity index (χ2n) is 4.24. The number of nitrogens with zero attached hydrogens (tertiary/aromatic N) is 2. The summed E-state index contributed by atoms with van der Waals surface area (Å²) in [4.78, 5) is 3.99. The summed E-state index contributed by atoms with van der Waals surface area (Å²) < 4.78 is 7.73. The molecule has 3 heteroatoms. The van der Waals surface area contributed by atoms with Gasteiger partial charge in [0.15, 0.2) is 0 Å². The van der Waals surface area contributed by atoms with Crippen molar-refractivity contribution in [2.75, 3.05) is 6.61 Å². The van der Waals surface area contributed by atoms with E-state index < -0.39 is 0 Å². The number of allylic oxidation sites excluding steroid dienone is 1. The summed E-state index contributed by atoms with van der Waals surface area (Å²) in [6.45, 7) is 5.60. The second kappa shape index (κ2) is 6.05. The van der Waals surface area contributed by atoms with E-state index >= 15 is 0 Å². The average molecular weight is 242 g/mol. The van der Waals surface area contributed by atoms with Crippen LogP contribution in [0.4, 0.5) is 0 Å². The molecule has 0 bridgehead atoms. The SMILES string of the molecule is Cc1cccc(OCC=CCn2ccnc2)c1C. The van der Waals surface area contributed by atoms with Crippen LogP contribution in [-0.4, -0.2) is 16.2 Å². The van der Waals surface area contributed by atoms with Crippen molar-refractivity contribution in [3.05, 3.63) is 60.2 Å². The number of aromatic nitrogens is 2. The van der Waals surface area contributed by atoms with Gasteiger partial charge in [-0.15, -0.1) is 0 Å². The lowest BCUT2D eigenvalue weighted by Gasteiger charge is -2.08. The fraction of sp³-hybridized carbons (Fsp3) is 0.267. The molecule has 0 fully saturated rings. The summed E-state index contributed by atoms with van der Waals surface area (Å²) >= 11 is 0. The molecule has 0 saturated heterocycles. The number of aryl methyl sites for hydroxylation is 1. The molecule has 0 N–H and O–H groups in total. The van der Waals surface area contributed by atoms with E-state index in [0.29, 0.717) is 6.61 Å². The molecule has 1 heterocycles. The number of imidazole rings is 1. The van der Waals surface area contributed by atoms with Crippen molar-refractivity contribution in [2.45, 2.75) is 20.4 Å². The molecule has 0 atom stereocenters. The van der Waals surface area contributed by atoms with Crippen LogP contribution in [0.1, 0.15) is 11.1 Å². The standard InChI is InChI=1S/C15H18N2O/c1-13-6-5-7-15(14(13)2)18-11-4-3-9-17-10-8-16-12-17/h3-8,10,12H,9,11H2,1-2H3. The van der Waals surface area contributed by atoms with Crippen molar-refractivity contribution in [3.8, 4) is 5.75 Å². The quantitative estimate of drug-likeness (QED) is 0.753. The molecular formula is C15H18N2O. The van der Waals surface area contributed by atoms with E-state index in [9.17, 15) is 0 Å². The van der Waals surface area contributed by atoms with Gasteiger partial charge >= 0.3 is 0 Å². The summed E-state index contributed by atoms with van der Waals surface area (Å²) in [5, 5.41) is 0. The Morgan fingerprint density at radius 2 is 2.17 bits per heavy atom. The molecule has 0 saturated carbocycles. The zero-order valence-corrected chi connectivity index (χ0v) is 10.8. The molecule has 0 aliphatic carbocycles. The molecule has 0 aliphatic heterocycles. The minimum atomic E-state index is 0.596. The molecule has 94 valence electrons. The predicted molar refractivity (Wildman–Crippen MR) is 72.8 cm³/mol. The molecule has 2 aromatic rings. The lowest BCUT2D eigenvalue weighted by molar-refractivity contribution is 0.359. The number of rotatable bonds is 5. The van der Waals surface area contributed by atoms with Gasteiger partial charge in [-0.1, -0.05) is 18.2 Å². The van der Waals surface area contributed by atoms with Crippen LogP contribution in [0.3, 0.4) is 0 Å². The van der Waals surface area contributed by atoms with Crippen LogP contribution < -0.4 is 4.74 Å². The number of hydrogen-bond acceptors (Lipinski definition) is 2. The largest absolute Gasteiger partial charge is 0.489 e. The van der Waals surface area contributed by atoms with E-state index in [1.54, 1.807) is 12.5 Å². The fourth-order valence-corrected chi connectivity index (χ4v) is 1.68. The molecular weight excluding hydrogens is 224 g/mol. The first-order valence-electron chi connectivity index (χ1n) is 6.07. The molecule has 2 rings (SSSR count). The average Bonchev–Trinajstić information content (AvgIpc) is 2.87. The highest BCUT2D eigenvalue weighted by atomic mass is 16.5. The Hall–Kier alpha value is -2.03. The van der Waals surface area contributed by atoms with Gasteiger partial charge in [-0.3, -0.25) is 0 Å². The van der Waals surface area contributed by atoms with Gasteiger partial charge in [-0.2, -0.15) is 0 Å². The van der Waals surface area contributed by atoms with Crippen LogP contribution in [0.15, 0.2) is 49.1 Å². The first kappa shape index (κ1) is 12.4. The summed E-state index contributed by atoms with van der Waals surface area (Å²) in [6.07, 6.45) is 9.63. The Labute approximate surface area is 108 Å². The fourth-order valence-electron chi connectivity index (χ4n) is 1.68. The third kappa shape index (κ3) is 3.23. The Bertz CT molecular complexity index is 515. The van der Waals surface area contributed by atoms with Crippen LogP contribution in [0.5, 0.6) is 5.75 Å². The first-order chi connectivity index (χ1) is 8.77. The smallest absolute Gasteiger partial charge is 0.122 e. The van der Waals surface area contributed by atoms with Crippen LogP contribution >= 0.6 is 0 Å². The third-order valence-electron chi connectivity index (χ3n) is 2.93. The highest BCUT2D eigenvalue weighted by Gasteiger charge is 1.99. The van der Waals surface area contributed by atoms with E-state index in [4.69, 9.17) is 4.74 Å². The van der Waals surface area contributed by atoms with Crippen LogP contribution in [0.25, 0.3) is 0 Å². The molecule has 3 nitrogen and oxygen atoms in total. The number of ether oxygens (including phenoxy) is 1. The maximum atomic E-state index is 5.73. The first-order valence-corrected chi connectivity index (χ1v) is 6.07. The van der Waals surface area contributed by atoms with Gasteiger partial charge in [0.05, 0.1) is 6.33 Å². The number of benzene rings is 1. The van der Waals surface area contributed by atoms with Gasteiger partial charge in [-0.25, -0.2) is 4.98 Å². The van der Waals surface area contributed by atoms with E-state index in [-0.39, 0.29) is 0 Å². The van der Waals surface area contributed by atoms with E-state index in [1.165, 1.54) is 11.1 Å². The van der Waals surface area contributed by atoms with Crippen molar-refractivity contribution in [3.63, 3.8) is 0 Å². The molecule has 0 radical (unpaired) electrons. The molecule has 0 unspecified atom stereocenters. The van der Waals surface area contributed by atoms with E-state index in [2.05, 4.69) is 31.0 Å².